The van der Waals surface area contributed by atoms with Crippen LogP contribution in [0.1, 0.15) is 57.9 Å². The Balaban J connectivity index is 2.06. The first-order valence-corrected chi connectivity index (χ1v) is 9.25. The highest BCUT2D eigenvalue weighted by atomic mass is 16.5. The van der Waals surface area contributed by atoms with E-state index in [9.17, 15) is 10.1 Å². The summed E-state index contributed by atoms with van der Waals surface area (Å²) in [5.74, 6) is -0.0918. The second-order valence-corrected chi connectivity index (χ2v) is 6.56. The first kappa shape index (κ1) is 19.0. The highest BCUT2D eigenvalue weighted by Gasteiger charge is 2.21. The van der Waals surface area contributed by atoms with Gasteiger partial charge in [-0.25, -0.2) is 4.79 Å². The molecule has 0 aliphatic heterocycles. The minimum atomic E-state index is -0.474. The summed E-state index contributed by atoms with van der Waals surface area (Å²) in [6.45, 7) is 4.68. The van der Waals surface area contributed by atoms with E-state index in [0.717, 1.165) is 49.7 Å². The largest absolute Gasteiger partial charge is 0.461 e. The Morgan fingerprint density at radius 2 is 2.00 bits per heavy atom. The van der Waals surface area contributed by atoms with Gasteiger partial charge in [-0.1, -0.05) is 69.5 Å². The number of nitriles is 1. The number of nitrogens with zero attached hydrogens (tertiary/aromatic N) is 1. The number of hydrogen-bond donors (Lipinski definition) is 0. The van der Waals surface area contributed by atoms with Gasteiger partial charge in [0, 0.05) is 0 Å². The van der Waals surface area contributed by atoms with Gasteiger partial charge in [0.25, 0.3) is 0 Å². The predicted octanol–water partition coefficient (Wildman–Crippen LogP) is 5.44. The van der Waals surface area contributed by atoms with E-state index in [1.165, 1.54) is 5.57 Å². The predicted molar refractivity (Wildman–Crippen MR) is 101 cm³/mol. The Morgan fingerprint density at radius 1 is 1.24 bits per heavy atom. The maximum absolute atomic E-state index is 12.4. The normalized spacial score (nSPS) is 16.8. The van der Waals surface area contributed by atoms with Crippen LogP contribution in [-0.4, -0.2) is 12.6 Å². The highest BCUT2D eigenvalue weighted by molar-refractivity contribution is 5.95. The van der Waals surface area contributed by atoms with Crippen LogP contribution in [0.2, 0.25) is 0 Å². The molecule has 1 unspecified atom stereocenters. The van der Waals surface area contributed by atoms with Crippen molar-refractivity contribution in [1.82, 2.24) is 0 Å². The van der Waals surface area contributed by atoms with Crippen molar-refractivity contribution in [3.8, 4) is 6.07 Å². The number of allylic oxidation sites excluding steroid dienone is 3. The van der Waals surface area contributed by atoms with Crippen molar-refractivity contribution in [1.29, 1.82) is 5.26 Å². The number of carbonyl (C=O) groups excluding carboxylic acids is 1. The number of carbonyl (C=O) groups is 1. The van der Waals surface area contributed by atoms with Crippen molar-refractivity contribution < 1.29 is 9.53 Å². The van der Waals surface area contributed by atoms with E-state index in [-0.39, 0.29) is 5.57 Å². The van der Waals surface area contributed by atoms with Gasteiger partial charge in [-0.3, -0.25) is 0 Å². The fourth-order valence-electron chi connectivity index (χ4n) is 3.11. The standard InChI is InChI=1S/C22H27NO2/c1-3-5-9-17(4-2)16-25-22(24)21(15-23)20-13-12-19(14-20)18-10-7-6-8-11-18/h6-8,10-11,14,17H,3-5,9,12-13,16H2,1-2H3. The molecule has 0 amide bonds. The number of ether oxygens (including phenoxy) is 1. The van der Waals surface area contributed by atoms with Crippen LogP contribution in [0.15, 0.2) is 47.6 Å². The van der Waals surface area contributed by atoms with Crippen molar-refractivity contribution in [3.05, 3.63) is 53.1 Å². The van der Waals surface area contributed by atoms with E-state index < -0.39 is 5.97 Å². The lowest BCUT2D eigenvalue weighted by atomic mass is 10.0. The minimum Gasteiger partial charge on any atom is -0.461 e. The molecule has 1 aliphatic rings. The Bertz CT molecular complexity index is 680. The smallest absolute Gasteiger partial charge is 0.349 e. The molecular weight excluding hydrogens is 310 g/mol. The van der Waals surface area contributed by atoms with Crippen LogP contribution in [0.3, 0.4) is 0 Å². The lowest BCUT2D eigenvalue weighted by Gasteiger charge is -2.14. The van der Waals surface area contributed by atoms with Crippen LogP contribution in [0, 0.1) is 17.2 Å². The molecule has 1 aromatic carbocycles. The molecule has 0 bridgehead atoms. The molecule has 3 nitrogen and oxygen atoms in total. The molecule has 1 aromatic rings. The number of benzene rings is 1. The molecule has 1 aliphatic carbocycles. The second-order valence-electron chi connectivity index (χ2n) is 6.56. The fraction of sp³-hybridized carbons (Fsp3) is 0.455. The van der Waals surface area contributed by atoms with Crippen LogP contribution in [0.25, 0.3) is 5.57 Å². The molecule has 1 atom stereocenters. The molecule has 2 rings (SSSR count). The van der Waals surface area contributed by atoms with Crippen LogP contribution in [0.5, 0.6) is 0 Å². The SMILES string of the molecule is CCCCC(CC)COC(=O)C(C#N)=C1C=C(c2ccccc2)CC1. The molecule has 0 N–H and O–H groups in total. The Kier molecular flexibility index (Phi) is 7.47. The second kappa shape index (κ2) is 9.84. The number of hydrogen-bond acceptors (Lipinski definition) is 3. The van der Waals surface area contributed by atoms with Crippen LogP contribution in [-0.2, 0) is 9.53 Å². The highest BCUT2D eigenvalue weighted by Crippen LogP contribution is 2.33. The zero-order chi connectivity index (χ0) is 18.1. The van der Waals surface area contributed by atoms with Crippen molar-refractivity contribution in [3.63, 3.8) is 0 Å². The summed E-state index contributed by atoms with van der Waals surface area (Å²) < 4.78 is 5.45. The Morgan fingerprint density at radius 3 is 2.64 bits per heavy atom. The summed E-state index contributed by atoms with van der Waals surface area (Å²) >= 11 is 0. The molecule has 0 spiro atoms. The van der Waals surface area contributed by atoms with E-state index in [1.54, 1.807) is 0 Å². The molecule has 0 heterocycles. The molecule has 0 saturated carbocycles. The molecule has 25 heavy (non-hydrogen) atoms. The Hall–Kier alpha value is -2.34. The van der Waals surface area contributed by atoms with Gasteiger partial charge in [0.05, 0.1) is 6.61 Å². The molecule has 132 valence electrons. The summed E-state index contributed by atoms with van der Waals surface area (Å²) in [5, 5.41) is 9.44. The third-order valence-corrected chi connectivity index (χ3v) is 4.79. The third kappa shape index (κ3) is 5.32. The lowest BCUT2D eigenvalue weighted by Crippen LogP contribution is -2.15. The molecular formula is C22H27NO2. The average Bonchev–Trinajstić information content (AvgIpc) is 3.13. The number of rotatable bonds is 8. The van der Waals surface area contributed by atoms with Crippen molar-refractivity contribution >= 4 is 11.5 Å². The van der Waals surface area contributed by atoms with Crippen molar-refractivity contribution in [2.24, 2.45) is 5.92 Å². The zero-order valence-electron chi connectivity index (χ0n) is 15.3. The van der Waals surface area contributed by atoms with Gasteiger partial charge in [0.2, 0.25) is 0 Å². The summed E-state index contributed by atoms with van der Waals surface area (Å²) in [6, 6.07) is 12.1. The molecule has 0 radical (unpaired) electrons. The lowest BCUT2D eigenvalue weighted by molar-refractivity contribution is -0.140. The Labute approximate surface area is 151 Å². The molecule has 0 saturated heterocycles. The van der Waals surface area contributed by atoms with Crippen molar-refractivity contribution in [2.45, 2.75) is 52.4 Å². The van der Waals surface area contributed by atoms with Gasteiger partial charge in [0.1, 0.15) is 11.6 Å². The van der Waals surface area contributed by atoms with E-state index in [4.69, 9.17) is 4.74 Å². The molecule has 3 heteroatoms. The molecule has 0 fully saturated rings. The van der Waals surface area contributed by atoms with E-state index >= 15 is 0 Å². The quantitative estimate of drug-likeness (QED) is 0.360. The van der Waals surface area contributed by atoms with Crippen molar-refractivity contribution in [2.75, 3.05) is 6.61 Å². The maximum atomic E-state index is 12.4. The van der Waals surface area contributed by atoms with Gasteiger partial charge in [0.15, 0.2) is 0 Å². The monoisotopic (exact) mass is 337 g/mol. The third-order valence-electron chi connectivity index (χ3n) is 4.79. The van der Waals surface area contributed by atoms with E-state index in [1.807, 2.05) is 24.3 Å². The van der Waals surface area contributed by atoms with Gasteiger partial charge < -0.3 is 4.74 Å². The maximum Gasteiger partial charge on any atom is 0.349 e. The van der Waals surface area contributed by atoms with Crippen LogP contribution >= 0.6 is 0 Å². The number of esters is 1. The summed E-state index contributed by atoms with van der Waals surface area (Å²) in [5.41, 5.74) is 3.28. The van der Waals surface area contributed by atoms with Crippen LogP contribution < -0.4 is 0 Å². The summed E-state index contributed by atoms with van der Waals surface area (Å²) in [7, 11) is 0. The summed E-state index contributed by atoms with van der Waals surface area (Å²) in [4.78, 5) is 12.4. The van der Waals surface area contributed by atoms with Gasteiger partial charge in [-0.2, -0.15) is 5.26 Å². The zero-order valence-corrected chi connectivity index (χ0v) is 15.3. The fourth-order valence-corrected chi connectivity index (χ4v) is 3.11. The average molecular weight is 337 g/mol. The number of unbranched alkanes of at least 4 members (excludes halogenated alkanes) is 1. The van der Waals surface area contributed by atoms with Gasteiger partial charge in [-0.15, -0.1) is 0 Å². The first-order chi connectivity index (χ1) is 12.2. The first-order valence-electron chi connectivity index (χ1n) is 9.25. The topological polar surface area (TPSA) is 50.1 Å². The summed E-state index contributed by atoms with van der Waals surface area (Å²) in [6.07, 6.45) is 7.89. The van der Waals surface area contributed by atoms with Gasteiger partial charge >= 0.3 is 5.97 Å². The minimum absolute atomic E-state index is 0.163. The van der Waals surface area contributed by atoms with E-state index in [0.29, 0.717) is 12.5 Å². The molecule has 0 aromatic heterocycles. The van der Waals surface area contributed by atoms with Crippen LogP contribution in [0.4, 0.5) is 0 Å². The van der Waals surface area contributed by atoms with Gasteiger partial charge in [-0.05, 0) is 41.9 Å². The van der Waals surface area contributed by atoms with E-state index in [2.05, 4.69) is 32.0 Å².